The molecule has 1 saturated heterocycles. The Labute approximate surface area is 129 Å². The monoisotopic (exact) mass is 306 g/mol. The van der Waals surface area contributed by atoms with Gasteiger partial charge < -0.3 is 14.6 Å². The zero-order valence-electron chi connectivity index (χ0n) is 12.3. The highest BCUT2D eigenvalue weighted by molar-refractivity contribution is 6.31. The summed E-state index contributed by atoms with van der Waals surface area (Å²) >= 11 is 6.02. The summed E-state index contributed by atoms with van der Waals surface area (Å²) in [6, 6.07) is 5.70. The zero-order chi connectivity index (χ0) is 15.0. The van der Waals surface area contributed by atoms with Crippen LogP contribution in [-0.2, 0) is 0 Å². The average molecular weight is 307 g/mol. The molecule has 4 nitrogen and oxygen atoms in total. The first kappa shape index (κ1) is 14.4. The van der Waals surface area contributed by atoms with Crippen LogP contribution in [0.5, 0.6) is 0 Å². The maximum Gasteiger partial charge on any atom is 0.289 e. The van der Waals surface area contributed by atoms with Crippen molar-refractivity contribution in [2.45, 2.75) is 25.8 Å². The number of nitrogens with one attached hydrogen (secondary N) is 1. The smallest absolute Gasteiger partial charge is 0.289 e. The molecule has 0 saturated carbocycles. The fourth-order valence-corrected chi connectivity index (χ4v) is 3.09. The minimum atomic E-state index is -0.0493. The summed E-state index contributed by atoms with van der Waals surface area (Å²) in [5.74, 6) is 0.375. The van der Waals surface area contributed by atoms with Gasteiger partial charge in [0.1, 0.15) is 5.58 Å². The second-order valence-corrected chi connectivity index (χ2v) is 6.03. The highest BCUT2D eigenvalue weighted by Gasteiger charge is 2.27. The number of halogens is 1. The lowest BCUT2D eigenvalue weighted by Gasteiger charge is -2.31. The standard InChI is InChI=1S/C16H19ClN2O2/c1-10-13-9-11(17)3-4-14(13)21-15(10)16(20)19(2)12-5-7-18-8-6-12/h3-4,9,12,18H,5-8H2,1-2H3. The van der Waals surface area contributed by atoms with Crippen LogP contribution in [0.4, 0.5) is 0 Å². The summed E-state index contributed by atoms with van der Waals surface area (Å²) in [5, 5.41) is 4.87. The third kappa shape index (κ3) is 2.65. The number of nitrogens with zero attached hydrogens (tertiary/aromatic N) is 1. The number of amides is 1. The van der Waals surface area contributed by atoms with Gasteiger partial charge in [-0.25, -0.2) is 0 Å². The number of hydrogen-bond acceptors (Lipinski definition) is 3. The van der Waals surface area contributed by atoms with E-state index in [0.717, 1.165) is 36.9 Å². The fourth-order valence-electron chi connectivity index (χ4n) is 2.92. The van der Waals surface area contributed by atoms with E-state index in [1.54, 1.807) is 6.07 Å². The highest BCUT2D eigenvalue weighted by atomic mass is 35.5. The van der Waals surface area contributed by atoms with Gasteiger partial charge in [-0.05, 0) is 51.1 Å². The summed E-state index contributed by atoms with van der Waals surface area (Å²) in [7, 11) is 1.86. The molecule has 0 spiro atoms. The topological polar surface area (TPSA) is 45.5 Å². The molecule has 0 radical (unpaired) electrons. The quantitative estimate of drug-likeness (QED) is 0.926. The second kappa shape index (κ2) is 5.70. The summed E-state index contributed by atoms with van der Waals surface area (Å²) in [6.07, 6.45) is 1.96. The molecule has 1 aromatic carbocycles. The van der Waals surface area contributed by atoms with Gasteiger partial charge in [-0.1, -0.05) is 11.6 Å². The van der Waals surface area contributed by atoms with E-state index >= 15 is 0 Å². The molecule has 1 aliphatic heterocycles. The van der Waals surface area contributed by atoms with Crippen molar-refractivity contribution in [3.63, 3.8) is 0 Å². The first-order chi connectivity index (χ1) is 10.1. The van der Waals surface area contributed by atoms with Gasteiger partial charge >= 0.3 is 0 Å². The normalized spacial score (nSPS) is 16.3. The van der Waals surface area contributed by atoms with E-state index in [0.29, 0.717) is 16.4 Å². The number of fused-ring (bicyclic) bond motifs is 1. The molecule has 1 aromatic heterocycles. The molecular formula is C16H19ClN2O2. The molecule has 21 heavy (non-hydrogen) atoms. The number of carbonyl (C=O) groups excluding carboxylic acids is 1. The average Bonchev–Trinajstić information content (AvgIpc) is 2.83. The van der Waals surface area contributed by atoms with Crippen LogP contribution < -0.4 is 5.32 Å². The summed E-state index contributed by atoms with van der Waals surface area (Å²) in [5.41, 5.74) is 1.57. The third-order valence-corrected chi connectivity index (χ3v) is 4.50. The van der Waals surface area contributed by atoms with Crippen LogP contribution in [0.3, 0.4) is 0 Å². The minimum absolute atomic E-state index is 0.0493. The maximum atomic E-state index is 12.7. The number of aryl methyl sites for hydroxylation is 1. The molecule has 1 fully saturated rings. The van der Waals surface area contributed by atoms with Crippen LogP contribution in [0.15, 0.2) is 22.6 Å². The van der Waals surface area contributed by atoms with Gasteiger partial charge in [0.25, 0.3) is 5.91 Å². The van der Waals surface area contributed by atoms with Gasteiger partial charge in [-0.3, -0.25) is 4.79 Å². The van der Waals surface area contributed by atoms with E-state index in [2.05, 4.69) is 5.32 Å². The van der Waals surface area contributed by atoms with Crippen LogP contribution in [0.1, 0.15) is 29.0 Å². The lowest BCUT2D eigenvalue weighted by molar-refractivity contribution is 0.0672. The van der Waals surface area contributed by atoms with Gasteiger partial charge in [0.2, 0.25) is 0 Å². The summed E-state index contributed by atoms with van der Waals surface area (Å²) < 4.78 is 5.76. The van der Waals surface area contributed by atoms with E-state index in [1.165, 1.54) is 0 Å². The number of furan rings is 1. The van der Waals surface area contributed by atoms with Crippen molar-refractivity contribution in [1.29, 1.82) is 0 Å². The van der Waals surface area contributed by atoms with E-state index in [9.17, 15) is 4.79 Å². The Morgan fingerprint density at radius 1 is 1.38 bits per heavy atom. The highest BCUT2D eigenvalue weighted by Crippen LogP contribution is 2.29. The predicted molar refractivity (Wildman–Crippen MR) is 83.9 cm³/mol. The molecule has 112 valence electrons. The SMILES string of the molecule is Cc1c(C(=O)N(C)C2CCNCC2)oc2ccc(Cl)cc12. The van der Waals surface area contributed by atoms with Crippen LogP contribution in [0, 0.1) is 6.92 Å². The molecule has 3 rings (SSSR count). The van der Waals surface area contributed by atoms with Crippen LogP contribution >= 0.6 is 11.6 Å². The van der Waals surface area contributed by atoms with E-state index < -0.39 is 0 Å². The number of benzene rings is 1. The predicted octanol–water partition coefficient (Wildman–Crippen LogP) is 3.22. The molecule has 0 bridgehead atoms. The molecule has 1 N–H and O–H groups in total. The molecule has 0 atom stereocenters. The molecule has 1 aliphatic rings. The largest absolute Gasteiger partial charge is 0.451 e. The molecule has 1 amide bonds. The first-order valence-electron chi connectivity index (χ1n) is 7.24. The van der Waals surface area contributed by atoms with Gasteiger partial charge in [0.15, 0.2) is 5.76 Å². The van der Waals surface area contributed by atoms with Crippen molar-refractivity contribution in [3.8, 4) is 0 Å². The van der Waals surface area contributed by atoms with Gasteiger partial charge in [0, 0.05) is 29.1 Å². The Morgan fingerprint density at radius 2 is 2.10 bits per heavy atom. The zero-order valence-corrected chi connectivity index (χ0v) is 13.0. The van der Waals surface area contributed by atoms with E-state index in [4.69, 9.17) is 16.0 Å². The summed E-state index contributed by atoms with van der Waals surface area (Å²) in [6.45, 7) is 3.82. The maximum absolute atomic E-state index is 12.7. The van der Waals surface area contributed by atoms with Crippen molar-refractivity contribution in [2.75, 3.05) is 20.1 Å². The lowest BCUT2D eigenvalue weighted by atomic mass is 10.0. The first-order valence-corrected chi connectivity index (χ1v) is 7.62. The van der Waals surface area contributed by atoms with Gasteiger partial charge in [-0.15, -0.1) is 0 Å². The number of rotatable bonds is 2. The van der Waals surface area contributed by atoms with Gasteiger partial charge in [-0.2, -0.15) is 0 Å². The van der Waals surface area contributed by atoms with Gasteiger partial charge in [0.05, 0.1) is 0 Å². The molecule has 0 unspecified atom stereocenters. The van der Waals surface area contributed by atoms with Crippen LogP contribution in [-0.4, -0.2) is 37.0 Å². The van der Waals surface area contributed by atoms with Crippen molar-refractivity contribution < 1.29 is 9.21 Å². The molecule has 2 aromatic rings. The number of hydrogen-bond donors (Lipinski definition) is 1. The number of carbonyl (C=O) groups is 1. The Bertz CT molecular complexity index is 674. The Hall–Kier alpha value is -1.52. The minimum Gasteiger partial charge on any atom is -0.451 e. The molecule has 5 heteroatoms. The van der Waals surface area contributed by atoms with Crippen molar-refractivity contribution >= 4 is 28.5 Å². The van der Waals surface area contributed by atoms with Crippen molar-refractivity contribution in [2.24, 2.45) is 0 Å². The van der Waals surface area contributed by atoms with Crippen LogP contribution in [0.2, 0.25) is 5.02 Å². The third-order valence-electron chi connectivity index (χ3n) is 4.27. The molecule has 2 heterocycles. The lowest BCUT2D eigenvalue weighted by Crippen LogP contribution is -2.44. The van der Waals surface area contributed by atoms with Crippen LogP contribution in [0.25, 0.3) is 11.0 Å². The Morgan fingerprint density at radius 3 is 2.81 bits per heavy atom. The van der Waals surface area contributed by atoms with E-state index in [1.807, 2.05) is 31.0 Å². The Kier molecular flexibility index (Phi) is 3.91. The van der Waals surface area contributed by atoms with Crippen molar-refractivity contribution in [1.82, 2.24) is 10.2 Å². The summed E-state index contributed by atoms with van der Waals surface area (Å²) in [4.78, 5) is 14.5. The molecule has 0 aliphatic carbocycles. The molecular weight excluding hydrogens is 288 g/mol. The van der Waals surface area contributed by atoms with Crippen molar-refractivity contribution in [3.05, 3.63) is 34.5 Å². The Balaban J connectivity index is 1.92. The fraction of sp³-hybridized carbons (Fsp3) is 0.438. The van der Waals surface area contributed by atoms with E-state index in [-0.39, 0.29) is 11.9 Å². The number of piperidine rings is 1. The second-order valence-electron chi connectivity index (χ2n) is 5.59.